The third-order valence-corrected chi connectivity index (χ3v) is 3.43. The Hall–Kier alpha value is -0.250. The smallest absolute Gasteiger partial charge is 0.409 e. The van der Waals surface area contributed by atoms with Crippen LogP contribution < -0.4 is 0 Å². The molecular weight excluding hydrogens is 270 g/mol. The fraction of sp³-hybridized carbons (Fsp3) is 0.917. The van der Waals surface area contributed by atoms with Crippen LogP contribution in [0.1, 0.15) is 44.9 Å². The molecule has 4 heteroatoms. The number of carbonyl (C=O) groups excluding carboxylic acids is 1. The number of rotatable bonds is 5. The van der Waals surface area contributed by atoms with Crippen molar-refractivity contribution in [3.8, 4) is 0 Å². The second-order valence-corrected chi connectivity index (χ2v) is 5.06. The largest absolute Gasteiger partial charge is 0.449 e. The van der Waals surface area contributed by atoms with E-state index in [-0.39, 0.29) is 6.09 Å². The molecule has 0 N–H and O–H groups in total. The van der Waals surface area contributed by atoms with Crippen LogP contribution >= 0.6 is 15.9 Å². The summed E-state index contributed by atoms with van der Waals surface area (Å²) in [5.41, 5.74) is 0. The lowest BCUT2D eigenvalue weighted by Gasteiger charge is -2.19. The van der Waals surface area contributed by atoms with Crippen LogP contribution in [0.25, 0.3) is 0 Å². The number of carbonyl (C=O) groups is 1. The van der Waals surface area contributed by atoms with Crippen molar-refractivity contribution in [2.24, 2.45) is 0 Å². The van der Waals surface area contributed by atoms with Gasteiger partial charge in [-0.3, -0.25) is 0 Å². The van der Waals surface area contributed by atoms with Gasteiger partial charge in [0.25, 0.3) is 0 Å². The molecule has 1 fully saturated rings. The van der Waals surface area contributed by atoms with E-state index >= 15 is 0 Å². The summed E-state index contributed by atoms with van der Waals surface area (Å²) in [4.78, 5) is 13.5. The molecule has 94 valence electrons. The molecule has 0 radical (unpaired) electrons. The van der Waals surface area contributed by atoms with Crippen LogP contribution in [-0.4, -0.2) is 36.0 Å². The first-order valence-corrected chi connectivity index (χ1v) is 7.44. The highest BCUT2D eigenvalue weighted by Gasteiger charge is 2.15. The lowest BCUT2D eigenvalue weighted by Crippen LogP contribution is -2.32. The Morgan fingerprint density at radius 1 is 1.06 bits per heavy atom. The van der Waals surface area contributed by atoms with E-state index in [2.05, 4.69) is 15.9 Å². The van der Waals surface area contributed by atoms with Gasteiger partial charge in [0.15, 0.2) is 0 Å². The Morgan fingerprint density at radius 2 is 1.75 bits per heavy atom. The molecule has 1 saturated heterocycles. The number of likely N-dealkylation sites (tertiary alicyclic amines) is 1. The molecule has 0 unspecified atom stereocenters. The van der Waals surface area contributed by atoms with Gasteiger partial charge in [0, 0.05) is 18.4 Å². The van der Waals surface area contributed by atoms with Crippen molar-refractivity contribution in [1.82, 2.24) is 4.90 Å². The van der Waals surface area contributed by atoms with Gasteiger partial charge in [0.1, 0.15) is 0 Å². The molecule has 1 rings (SSSR count). The zero-order valence-corrected chi connectivity index (χ0v) is 11.5. The maximum Gasteiger partial charge on any atom is 0.409 e. The van der Waals surface area contributed by atoms with Crippen molar-refractivity contribution in [2.75, 3.05) is 25.0 Å². The predicted octanol–water partition coefficient (Wildman–Crippen LogP) is 3.56. The quantitative estimate of drug-likeness (QED) is 0.572. The average Bonchev–Trinajstić information content (AvgIpc) is 2.57. The summed E-state index contributed by atoms with van der Waals surface area (Å²) in [5.74, 6) is 0. The molecule has 0 bridgehead atoms. The van der Waals surface area contributed by atoms with Gasteiger partial charge in [-0.05, 0) is 32.1 Å². The van der Waals surface area contributed by atoms with Crippen molar-refractivity contribution < 1.29 is 9.53 Å². The van der Waals surface area contributed by atoms with E-state index in [1.54, 1.807) is 0 Å². The average molecular weight is 292 g/mol. The van der Waals surface area contributed by atoms with Gasteiger partial charge in [-0.25, -0.2) is 4.79 Å². The van der Waals surface area contributed by atoms with Gasteiger partial charge in [0.2, 0.25) is 0 Å². The van der Waals surface area contributed by atoms with E-state index in [4.69, 9.17) is 4.74 Å². The number of unbranched alkanes of at least 4 members (excludes halogenated alkanes) is 2. The monoisotopic (exact) mass is 291 g/mol. The molecule has 0 aromatic carbocycles. The number of hydrogen-bond acceptors (Lipinski definition) is 2. The van der Waals surface area contributed by atoms with Crippen LogP contribution in [-0.2, 0) is 4.74 Å². The SMILES string of the molecule is O=C(OCCCCCBr)N1CCCCCC1. The third kappa shape index (κ3) is 5.73. The first kappa shape index (κ1) is 13.8. The Labute approximate surface area is 107 Å². The van der Waals surface area contributed by atoms with E-state index in [9.17, 15) is 4.79 Å². The summed E-state index contributed by atoms with van der Waals surface area (Å²) in [6.45, 7) is 2.32. The van der Waals surface area contributed by atoms with Gasteiger partial charge >= 0.3 is 6.09 Å². The van der Waals surface area contributed by atoms with Crippen molar-refractivity contribution >= 4 is 22.0 Å². The molecule has 1 amide bonds. The molecular formula is C12H22BrNO2. The van der Waals surface area contributed by atoms with Crippen molar-refractivity contribution in [1.29, 1.82) is 0 Å². The highest BCUT2D eigenvalue weighted by molar-refractivity contribution is 9.09. The van der Waals surface area contributed by atoms with E-state index in [0.29, 0.717) is 6.61 Å². The molecule has 0 aromatic rings. The zero-order valence-electron chi connectivity index (χ0n) is 9.92. The molecule has 0 spiro atoms. The summed E-state index contributed by atoms with van der Waals surface area (Å²) >= 11 is 3.39. The van der Waals surface area contributed by atoms with Crippen LogP contribution in [0.4, 0.5) is 4.79 Å². The number of halogens is 1. The van der Waals surface area contributed by atoms with Gasteiger partial charge in [-0.15, -0.1) is 0 Å². The summed E-state index contributed by atoms with van der Waals surface area (Å²) in [6.07, 6.45) is 7.88. The minimum atomic E-state index is -0.110. The van der Waals surface area contributed by atoms with Crippen LogP contribution in [0.15, 0.2) is 0 Å². The fourth-order valence-corrected chi connectivity index (χ4v) is 2.27. The van der Waals surface area contributed by atoms with Crippen LogP contribution in [0.3, 0.4) is 0 Å². The predicted molar refractivity (Wildman–Crippen MR) is 69.0 cm³/mol. The van der Waals surface area contributed by atoms with Gasteiger partial charge < -0.3 is 9.64 Å². The number of alkyl halides is 1. The third-order valence-electron chi connectivity index (χ3n) is 2.87. The Bertz CT molecular complexity index is 191. The number of hydrogen-bond donors (Lipinski definition) is 0. The summed E-state index contributed by atoms with van der Waals surface area (Å²) < 4.78 is 5.26. The Balaban J connectivity index is 2.08. The van der Waals surface area contributed by atoms with E-state index < -0.39 is 0 Å². The molecule has 1 aliphatic rings. The normalized spacial score (nSPS) is 16.9. The molecule has 0 atom stereocenters. The van der Waals surface area contributed by atoms with Gasteiger partial charge in [-0.2, -0.15) is 0 Å². The summed E-state index contributed by atoms with van der Waals surface area (Å²) in [6, 6.07) is 0. The standard InChI is InChI=1S/C12H22BrNO2/c13-8-4-3-7-11-16-12(15)14-9-5-1-2-6-10-14/h1-11H2. The summed E-state index contributed by atoms with van der Waals surface area (Å²) in [5, 5.41) is 1.03. The lowest BCUT2D eigenvalue weighted by molar-refractivity contribution is 0.102. The molecule has 3 nitrogen and oxygen atoms in total. The Kier molecular flexibility index (Phi) is 7.64. The minimum Gasteiger partial charge on any atom is -0.449 e. The lowest BCUT2D eigenvalue weighted by atomic mass is 10.2. The number of ether oxygens (including phenoxy) is 1. The number of nitrogens with zero attached hydrogens (tertiary/aromatic N) is 1. The maximum absolute atomic E-state index is 11.7. The molecule has 0 aromatic heterocycles. The number of amides is 1. The van der Waals surface area contributed by atoms with E-state index in [1.807, 2.05) is 4.90 Å². The van der Waals surface area contributed by atoms with Crippen molar-refractivity contribution in [3.05, 3.63) is 0 Å². The topological polar surface area (TPSA) is 29.5 Å². The minimum absolute atomic E-state index is 0.110. The fourth-order valence-electron chi connectivity index (χ4n) is 1.88. The van der Waals surface area contributed by atoms with Crippen molar-refractivity contribution in [3.63, 3.8) is 0 Å². The van der Waals surface area contributed by atoms with E-state index in [1.165, 1.54) is 12.8 Å². The van der Waals surface area contributed by atoms with Crippen LogP contribution in [0.2, 0.25) is 0 Å². The molecule has 1 heterocycles. The van der Waals surface area contributed by atoms with E-state index in [0.717, 1.165) is 50.5 Å². The molecule has 0 saturated carbocycles. The second kappa shape index (κ2) is 8.85. The molecule has 0 aliphatic carbocycles. The van der Waals surface area contributed by atoms with Crippen LogP contribution in [0.5, 0.6) is 0 Å². The molecule has 1 aliphatic heterocycles. The van der Waals surface area contributed by atoms with Gasteiger partial charge in [-0.1, -0.05) is 28.8 Å². The highest BCUT2D eigenvalue weighted by atomic mass is 79.9. The first-order valence-electron chi connectivity index (χ1n) is 6.32. The van der Waals surface area contributed by atoms with Crippen molar-refractivity contribution in [2.45, 2.75) is 44.9 Å². The first-order chi connectivity index (χ1) is 7.84. The van der Waals surface area contributed by atoms with Gasteiger partial charge in [0.05, 0.1) is 6.61 Å². The molecule has 16 heavy (non-hydrogen) atoms. The zero-order chi connectivity index (χ0) is 11.6. The second-order valence-electron chi connectivity index (χ2n) is 4.27. The summed E-state index contributed by atoms with van der Waals surface area (Å²) in [7, 11) is 0. The highest BCUT2D eigenvalue weighted by Crippen LogP contribution is 2.10. The Morgan fingerprint density at radius 3 is 2.38 bits per heavy atom. The maximum atomic E-state index is 11.7. The van der Waals surface area contributed by atoms with Crippen LogP contribution in [0, 0.1) is 0 Å².